The molecule has 0 amide bonds. The van der Waals surface area contributed by atoms with Gasteiger partial charge in [-0.1, -0.05) is 31.5 Å². The van der Waals surface area contributed by atoms with Gasteiger partial charge in [-0.25, -0.2) is 0 Å². The van der Waals surface area contributed by atoms with Gasteiger partial charge in [-0.2, -0.15) is 18.0 Å². The molecule has 2 saturated carbocycles. The Morgan fingerprint density at radius 1 is 1.20 bits per heavy atom. The summed E-state index contributed by atoms with van der Waals surface area (Å²) in [6, 6.07) is 2.30. The number of ether oxygens (including phenoxy) is 1. The van der Waals surface area contributed by atoms with E-state index in [-0.39, 0.29) is 17.8 Å². The first-order valence-corrected chi connectivity index (χ1v) is 14.2. The van der Waals surface area contributed by atoms with E-state index in [9.17, 15) is 18.5 Å². The summed E-state index contributed by atoms with van der Waals surface area (Å²) in [7, 11) is -3.87. The standard InChI is InChI=1S/C26H37N3O5S/c1-5-29(6-2)35(31,32)34-28-20-8-10-21-19(17-20)7-9-23-22(21)11-13-25(4)24(23)12-14-26(25,15-16-27)33-18(3)30/h17,23-24H,5-15H2,1-4H3/b28-20-/t23-,24+,25+,26-/m1/s1. The summed E-state index contributed by atoms with van der Waals surface area (Å²) in [5, 5.41) is 13.6. The summed E-state index contributed by atoms with van der Waals surface area (Å²) < 4.78 is 36.8. The van der Waals surface area contributed by atoms with Crippen molar-refractivity contribution >= 4 is 22.0 Å². The van der Waals surface area contributed by atoms with Gasteiger partial charge in [0.05, 0.1) is 18.2 Å². The Balaban J connectivity index is 1.58. The summed E-state index contributed by atoms with van der Waals surface area (Å²) >= 11 is 0. The number of fused-ring (bicyclic) bond motifs is 4. The second kappa shape index (κ2) is 9.70. The first-order valence-electron chi connectivity index (χ1n) is 12.9. The highest BCUT2D eigenvalue weighted by Gasteiger charge is 2.63. The van der Waals surface area contributed by atoms with Gasteiger partial charge >= 0.3 is 16.3 Å². The molecule has 0 bridgehead atoms. The van der Waals surface area contributed by atoms with Crippen LogP contribution in [0.3, 0.4) is 0 Å². The molecule has 4 aliphatic rings. The van der Waals surface area contributed by atoms with Crippen LogP contribution in [0.25, 0.3) is 0 Å². The zero-order chi connectivity index (χ0) is 25.4. The van der Waals surface area contributed by atoms with Crippen molar-refractivity contribution < 1.29 is 22.2 Å². The van der Waals surface area contributed by atoms with E-state index < -0.39 is 15.9 Å². The first-order chi connectivity index (χ1) is 16.6. The molecule has 2 fully saturated rings. The zero-order valence-electron chi connectivity index (χ0n) is 21.3. The molecule has 4 aliphatic carbocycles. The average molecular weight is 504 g/mol. The lowest BCUT2D eigenvalue weighted by Gasteiger charge is -2.52. The monoisotopic (exact) mass is 503 g/mol. The van der Waals surface area contributed by atoms with Crippen LogP contribution in [0.1, 0.15) is 85.5 Å². The van der Waals surface area contributed by atoms with Crippen LogP contribution < -0.4 is 0 Å². The fourth-order valence-electron chi connectivity index (χ4n) is 7.29. The second-order valence-corrected chi connectivity index (χ2v) is 12.0. The molecule has 0 aromatic rings. The summed E-state index contributed by atoms with van der Waals surface area (Å²) in [4.78, 5) is 12.0. The SMILES string of the molecule is CCN(CC)S(=O)(=O)O/N=C1\C=C2CC[C@@H]3C(=C2CC1)CC[C@@]1(C)[C@H]3CC[C@]1(CC#N)OC(C)=O. The van der Waals surface area contributed by atoms with Crippen LogP contribution >= 0.6 is 0 Å². The predicted molar refractivity (Wildman–Crippen MR) is 132 cm³/mol. The van der Waals surface area contributed by atoms with Crippen LogP contribution in [-0.4, -0.2) is 43.1 Å². The molecule has 0 N–H and O–H groups in total. The van der Waals surface area contributed by atoms with Crippen molar-refractivity contribution in [3.63, 3.8) is 0 Å². The van der Waals surface area contributed by atoms with E-state index in [2.05, 4.69) is 18.1 Å². The molecule has 4 rings (SSSR count). The van der Waals surface area contributed by atoms with Crippen molar-refractivity contribution in [2.75, 3.05) is 13.1 Å². The van der Waals surface area contributed by atoms with E-state index in [0.29, 0.717) is 37.1 Å². The molecule has 192 valence electrons. The van der Waals surface area contributed by atoms with Gasteiger partial charge in [0.15, 0.2) is 0 Å². The number of hydrogen-bond acceptors (Lipinski definition) is 7. The van der Waals surface area contributed by atoms with Gasteiger partial charge in [0, 0.05) is 25.4 Å². The van der Waals surface area contributed by atoms with Gasteiger partial charge in [0.1, 0.15) is 5.60 Å². The number of oxime groups is 1. The average Bonchev–Trinajstić information content (AvgIpc) is 3.09. The van der Waals surface area contributed by atoms with E-state index in [0.717, 1.165) is 44.9 Å². The Labute approximate surface area is 209 Å². The van der Waals surface area contributed by atoms with Crippen LogP contribution in [-0.2, 0) is 24.1 Å². The minimum absolute atomic E-state index is 0.196. The van der Waals surface area contributed by atoms with Gasteiger partial charge < -0.3 is 4.74 Å². The fraction of sp³-hybridized carbons (Fsp3) is 0.731. The Bertz CT molecular complexity index is 1110. The van der Waals surface area contributed by atoms with Crippen molar-refractivity contribution in [2.45, 2.75) is 91.1 Å². The van der Waals surface area contributed by atoms with Gasteiger partial charge in [0.25, 0.3) is 0 Å². The number of hydrogen-bond donors (Lipinski definition) is 0. The smallest absolute Gasteiger partial charge is 0.404 e. The molecule has 0 aromatic carbocycles. The van der Waals surface area contributed by atoms with Crippen molar-refractivity contribution in [2.24, 2.45) is 22.4 Å². The maximum absolute atomic E-state index is 12.3. The fourth-order valence-corrected chi connectivity index (χ4v) is 8.20. The van der Waals surface area contributed by atoms with E-state index in [1.54, 1.807) is 13.8 Å². The number of esters is 1. The lowest BCUT2D eigenvalue weighted by atomic mass is 9.54. The summed E-state index contributed by atoms with van der Waals surface area (Å²) in [6.45, 7) is 7.91. The Morgan fingerprint density at radius 2 is 1.94 bits per heavy atom. The number of nitrogens with zero attached hydrogens (tertiary/aromatic N) is 3. The van der Waals surface area contributed by atoms with E-state index >= 15 is 0 Å². The van der Waals surface area contributed by atoms with Crippen LogP contribution in [0.2, 0.25) is 0 Å². The number of allylic oxidation sites excluding steroid dienone is 4. The van der Waals surface area contributed by atoms with E-state index in [1.165, 1.54) is 27.9 Å². The normalized spacial score (nSPS) is 33.5. The molecule has 9 heteroatoms. The lowest BCUT2D eigenvalue weighted by molar-refractivity contribution is -0.174. The molecule has 0 saturated heterocycles. The summed E-state index contributed by atoms with van der Waals surface area (Å²) in [5.41, 5.74) is 3.94. The maximum Gasteiger partial charge on any atom is 0.404 e. The van der Waals surface area contributed by atoms with Crippen molar-refractivity contribution in [3.8, 4) is 6.07 Å². The van der Waals surface area contributed by atoms with Crippen molar-refractivity contribution in [3.05, 3.63) is 22.8 Å². The largest absolute Gasteiger partial charge is 0.458 e. The van der Waals surface area contributed by atoms with Crippen LogP contribution in [0.4, 0.5) is 0 Å². The zero-order valence-corrected chi connectivity index (χ0v) is 22.1. The van der Waals surface area contributed by atoms with Gasteiger partial charge in [-0.3, -0.25) is 9.08 Å². The molecular formula is C26H37N3O5S. The number of rotatable bonds is 7. The number of nitriles is 1. The molecule has 4 atom stereocenters. The Hall–Kier alpha value is -2.18. The second-order valence-electron chi connectivity index (χ2n) is 10.5. The van der Waals surface area contributed by atoms with Crippen molar-refractivity contribution in [1.82, 2.24) is 4.31 Å². The minimum atomic E-state index is -3.87. The summed E-state index contributed by atoms with van der Waals surface area (Å²) in [6.07, 6.45) is 9.24. The van der Waals surface area contributed by atoms with E-state index in [1.807, 2.05) is 6.08 Å². The quantitative estimate of drug-likeness (QED) is 0.365. The molecule has 0 unspecified atom stereocenters. The van der Waals surface area contributed by atoms with Gasteiger partial charge in [0.2, 0.25) is 0 Å². The highest BCUT2D eigenvalue weighted by atomic mass is 32.2. The van der Waals surface area contributed by atoms with Gasteiger partial charge in [-0.05, 0) is 80.4 Å². The molecule has 35 heavy (non-hydrogen) atoms. The molecule has 8 nitrogen and oxygen atoms in total. The third kappa shape index (κ3) is 4.44. The molecule has 0 radical (unpaired) electrons. The van der Waals surface area contributed by atoms with Crippen LogP contribution in [0.5, 0.6) is 0 Å². The molecular weight excluding hydrogens is 466 g/mol. The van der Waals surface area contributed by atoms with Crippen LogP contribution in [0, 0.1) is 28.6 Å². The van der Waals surface area contributed by atoms with Crippen LogP contribution in [0.15, 0.2) is 28.0 Å². The van der Waals surface area contributed by atoms with Gasteiger partial charge in [-0.15, -0.1) is 0 Å². The number of carbonyl (C=O) groups is 1. The molecule has 0 aromatic heterocycles. The third-order valence-corrected chi connectivity index (χ3v) is 10.4. The lowest BCUT2D eigenvalue weighted by Crippen LogP contribution is -2.51. The third-order valence-electron chi connectivity index (χ3n) is 9.01. The topological polar surface area (TPSA) is 109 Å². The van der Waals surface area contributed by atoms with E-state index in [4.69, 9.17) is 9.02 Å². The molecule has 0 aliphatic heterocycles. The minimum Gasteiger partial charge on any atom is -0.458 e. The highest BCUT2D eigenvalue weighted by molar-refractivity contribution is 7.84. The highest BCUT2D eigenvalue weighted by Crippen LogP contribution is 2.65. The first kappa shape index (κ1) is 25.9. The summed E-state index contributed by atoms with van der Waals surface area (Å²) in [5.74, 6) is 0.532. The molecule has 0 spiro atoms. The number of carbonyl (C=O) groups excluding carboxylic acids is 1. The predicted octanol–water partition coefficient (Wildman–Crippen LogP) is 4.80. The Kier molecular flexibility index (Phi) is 7.18. The Morgan fingerprint density at radius 3 is 2.60 bits per heavy atom. The maximum atomic E-state index is 12.3. The molecule has 0 heterocycles. The van der Waals surface area contributed by atoms with Crippen molar-refractivity contribution in [1.29, 1.82) is 5.26 Å².